The van der Waals surface area contributed by atoms with E-state index in [9.17, 15) is 9.18 Å². The van der Waals surface area contributed by atoms with Crippen molar-refractivity contribution in [1.82, 2.24) is 9.97 Å². The highest BCUT2D eigenvalue weighted by Gasteiger charge is 2.03. The average Bonchev–Trinajstić information content (AvgIpc) is 2.28. The van der Waals surface area contributed by atoms with Crippen LogP contribution in [0, 0.1) is 5.82 Å². The Balaban J connectivity index is 2.29. The number of rotatable bonds is 3. The number of aromatic nitrogens is 2. The SMILES string of the molecule is NCc1cc(F)cc(Sc2nccc(=O)[nH]2)c1. The second-order valence-corrected chi connectivity index (χ2v) is 4.40. The molecule has 1 aromatic heterocycles. The molecule has 88 valence electrons. The third-order valence-electron chi connectivity index (χ3n) is 2.03. The Bertz CT molecular complexity index is 585. The van der Waals surface area contributed by atoms with Crippen LogP contribution in [0.15, 0.2) is 45.3 Å². The van der Waals surface area contributed by atoms with Crippen LogP contribution in [0.3, 0.4) is 0 Å². The molecule has 0 atom stereocenters. The second-order valence-electron chi connectivity index (χ2n) is 3.34. The van der Waals surface area contributed by atoms with Gasteiger partial charge < -0.3 is 10.7 Å². The van der Waals surface area contributed by atoms with Crippen molar-refractivity contribution in [1.29, 1.82) is 0 Å². The van der Waals surface area contributed by atoms with Crippen LogP contribution in [-0.2, 0) is 6.54 Å². The summed E-state index contributed by atoms with van der Waals surface area (Å²) in [4.78, 5) is 18.2. The van der Waals surface area contributed by atoms with E-state index >= 15 is 0 Å². The quantitative estimate of drug-likeness (QED) is 0.811. The molecule has 0 unspecified atom stereocenters. The molecular weight excluding hydrogens is 241 g/mol. The zero-order valence-electron chi connectivity index (χ0n) is 8.81. The first-order chi connectivity index (χ1) is 8.17. The Morgan fingerprint density at radius 1 is 1.41 bits per heavy atom. The lowest BCUT2D eigenvalue weighted by Crippen LogP contribution is -2.05. The van der Waals surface area contributed by atoms with Gasteiger partial charge in [-0.15, -0.1) is 0 Å². The molecule has 0 aliphatic heterocycles. The van der Waals surface area contributed by atoms with Crippen molar-refractivity contribution in [3.8, 4) is 0 Å². The van der Waals surface area contributed by atoms with Gasteiger partial charge in [0.2, 0.25) is 0 Å². The third-order valence-corrected chi connectivity index (χ3v) is 2.90. The molecule has 1 heterocycles. The lowest BCUT2D eigenvalue weighted by atomic mass is 10.2. The van der Waals surface area contributed by atoms with E-state index in [0.717, 1.165) is 0 Å². The standard InChI is InChI=1S/C11H10FN3OS/c12-8-3-7(6-13)4-9(5-8)17-11-14-2-1-10(16)15-11/h1-5H,6,13H2,(H,14,15,16). The number of H-pyrrole nitrogens is 1. The van der Waals surface area contributed by atoms with Gasteiger partial charge in [0, 0.05) is 23.7 Å². The number of aromatic amines is 1. The van der Waals surface area contributed by atoms with Gasteiger partial charge in [-0.1, -0.05) is 11.8 Å². The van der Waals surface area contributed by atoms with E-state index in [-0.39, 0.29) is 17.9 Å². The smallest absolute Gasteiger partial charge is 0.251 e. The van der Waals surface area contributed by atoms with Gasteiger partial charge >= 0.3 is 0 Å². The summed E-state index contributed by atoms with van der Waals surface area (Å²) in [6.45, 7) is 0.268. The lowest BCUT2D eigenvalue weighted by Gasteiger charge is -2.03. The highest BCUT2D eigenvalue weighted by molar-refractivity contribution is 7.99. The van der Waals surface area contributed by atoms with Crippen molar-refractivity contribution in [2.24, 2.45) is 5.73 Å². The highest BCUT2D eigenvalue weighted by atomic mass is 32.2. The Hall–Kier alpha value is -1.66. The molecule has 0 bridgehead atoms. The molecule has 6 heteroatoms. The molecule has 0 spiro atoms. The molecule has 0 aliphatic rings. The molecule has 2 aromatic rings. The van der Waals surface area contributed by atoms with Gasteiger partial charge in [0.25, 0.3) is 5.56 Å². The summed E-state index contributed by atoms with van der Waals surface area (Å²) in [6, 6.07) is 5.84. The van der Waals surface area contributed by atoms with E-state index in [1.54, 1.807) is 6.07 Å². The summed E-state index contributed by atoms with van der Waals surface area (Å²) in [7, 11) is 0. The molecule has 0 amide bonds. The maximum Gasteiger partial charge on any atom is 0.251 e. The van der Waals surface area contributed by atoms with Crippen LogP contribution in [0.1, 0.15) is 5.56 Å². The van der Waals surface area contributed by atoms with Crippen LogP contribution in [0.2, 0.25) is 0 Å². The van der Waals surface area contributed by atoms with Crippen LogP contribution in [-0.4, -0.2) is 9.97 Å². The number of nitrogens with one attached hydrogen (secondary N) is 1. The van der Waals surface area contributed by atoms with Gasteiger partial charge in [-0.2, -0.15) is 0 Å². The summed E-state index contributed by atoms with van der Waals surface area (Å²) >= 11 is 1.18. The Morgan fingerprint density at radius 2 is 2.24 bits per heavy atom. The molecule has 0 saturated heterocycles. The molecule has 2 rings (SSSR count). The van der Waals surface area contributed by atoms with Gasteiger partial charge in [-0.25, -0.2) is 9.37 Å². The third kappa shape index (κ3) is 3.15. The van der Waals surface area contributed by atoms with Crippen molar-refractivity contribution in [3.05, 3.63) is 52.2 Å². The van der Waals surface area contributed by atoms with E-state index in [2.05, 4.69) is 9.97 Å². The summed E-state index contributed by atoms with van der Waals surface area (Å²) in [6.07, 6.45) is 1.41. The second kappa shape index (κ2) is 5.11. The predicted molar refractivity (Wildman–Crippen MR) is 63.3 cm³/mol. The fourth-order valence-electron chi connectivity index (χ4n) is 1.31. The molecule has 17 heavy (non-hydrogen) atoms. The largest absolute Gasteiger partial charge is 0.326 e. The highest BCUT2D eigenvalue weighted by Crippen LogP contribution is 2.25. The number of hydrogen-bond acceptors (Lipinski definition) is 4. The van der Waals surface area contributed by atoms with Gasteiger partial charge in [-0.3, -0.25) is 4.79 Å². The monoisotopic (exact) mass is 251 g/mol. The molecule has 4 nitrogen and oxygen atoms in total. The van der Waals surface area contributed by atoms with Crippen LogP contribution in [0.4, 0.5) is 4.39 Å². The van der Waals surface area contributed by atoms with Crippen LogP contribution >= 0.6 is 11.8 Å². The van der Waals surface area contributed by atoms with Crippen molar-refractivity contribution < 1.29 is 4.39 Å². The van der Waals surface area contributed by atoms with E-state index in [0.29, 0.717) is 15.6 Å². The van der Waals surface area contributed by atoms with Gasteiger partial charge in [-0.05, 0) is 23.8 Å². The fourth-order valence-corrected chi connectivity index (χ4v) is 2.18. The van der Waals surface area contributed by atoms with Crippen LogP contribution < -0.4 is 11.3 Å². The Labute approximate surface area is 101 Å². The minimum Gasteiger partial charge on any atom is -0.326 e. The molecule has 3 N–H and O–H groups in total. The average molecular weight is 251 g/mol. The van der Waals surface area contributed by atoms with Crippen molar-refractivity contribution >= 4 is 11.8 Å². The van der Waals surface area contributed by atoms with Crippen molar-refractivity contribution in [3.63, 3.8) is 0 Å². The van der Waals surface area contributed by atoms with Crippen molar-refractivity contribution in [2.45, 2.75) is 16.6 Å². The number of nitrogens with zero attached hydrogens (tertiary/aromatic N) is 1. The number of halogens is 1. The molecular formula is C11H10FN3OS. The summed E-state index contributed by atoms with van der Waals surface area (Å²) in [5, 5.41) is 0.422. The first-order valence-electron chi connectivity index (χ1n) is 4.90. The molecule has 1 aromatic carbocycles. The Kier molecular flexibility index (Phi) is 3.55. The van der Waals surface area contributed by atoms with E-state index < -0.39 is 0 Å². The molecule has 0 aliphatic carbocycles. The molecule has 0 saturated carbocycles. The van der Waals surface area contributed by atoms with Crippen LogP contribution in [0.25, 0.3) is 0 Å². The van der Waals surface area contributed by atoms with Gasteiger partial charge in [0.15, 0.2) is 5.16 Å². The van der Waals surface area contributed by atoms with E-state index in [1.807, 2.05) is 0 Å². The van der Waals surface area contributed by atoms with Gasteiger partial charge in [0.1, 0.15) is 5.82 Å². The first-order valence-corrected chi connectivity index (χ1v) is 5.72. The summed E-state index contributed by atoms with van der Waals surface area (Å²) < 4.78 is 13.2. The number of hydrogen-bond donors (Lipinski definition) is 2. The number of nitrogens with two attached hydrogens (primary N) is 1. The van der Waals surface area contributed by atoms with E-state index in [4.69, 9.17) is 5.73 Å². The minimum atomic E-state index is -0.353. The van der Waals surface area contributed by atoms with E-state index in [1.165, 1.54) is 36.2 Å². The normalized spacial score (nSPS) is 10.5. The molecule has 0 fully saturated rings. The topological polar surface area (TPSA) is 71.8 Å². The lowest BCUT2D eigenvalue weighted by molar-refractivity contribution is 0.621. The Morgan fingerprint density at radius 3 is 2.94 bits per heavy atom. The van der Waals surface area contributed by atoms with Crippen LogP contribution in [0.5, 0.6) is 0 Å². The zero-order valence-corrected chi connectivity index (χ0v) is 9.63. The predicted octanol–water partition coefficient (Wildman–Crippen LogP) is 1.52. The maximum absolute atomic E-state index is 13.2. The summed E-state index contributed by atoms with van der Waals surface area (Å²) in [5.41, 5.74) is 5.92. The zero-order chi connectivity index (χ0) is 12.3. The maximum atomic E-state index is 13.2. The summed E-state index contributed by atoms with van der Waals surface area (Å²) in [5.74, 6) is -0.353. The van der Waals surface area contributed by atoms with Crippen molar-refractivity contribution in [2.75, 3.05) is 0 Å². The fraction of sp³-hybridized carbons (Fsp3) is 0.0909. The number of benzene rings is 1. The minimum absolute atomic E-state index is 0.238. The molecule has 0 radical (unpaired) electrons. The first kappa shape index (κ1) is 11.8. The van der Waals surface area contributed by atoms with Gasteiger partial charge in [0.05, 0.1) is 0 Å².